The van der Waals surface area contributed by atoms with Crippen LogP contribution in [0.4, 0.5) is 5.69 Å². The van der Waals surface area contributed by atoms with Gasteiger partial charge < -0.3 is 4.23 Å². The van der Waals surface area contributed by atoms with Crippen molar-refractivity contribution >= 4 is 22.2 Å². The van der Waals surface area contributed by atoms with Gasteiger partial charge in [0.25, 0.3) is 0 Å². The second-order valence-electron chi connectivity index (χ2n) is 6.70. The van der Waals surface area contributed by atoms with Crippen molar-refractivity contribution in [2.45, 2.75) is 52.6 Å². The monoisotopic (exact) mass is 265 g/mol. The zero-order valence-corrected chi connectivity index (χ0v) is 14.5. The summed E-state index contributed by atoms with van der Waals surface area (Å²) in [5, 5.41) is 0. The minimum absolute atomic E-state index is 1.13. The van der Waals surface area contributed by atoms with Gasteiger partial charge in [-0.15, -0.1) is 0 Å². The molecule has 1 nitrogen and oxygen atoms in total. The van der Waals surface area contributed by atoms with E-state index in [9.17, 15) is 0 Å². The number of anilines is 1. The van der Waals surface area contributed by atoms with Gasteiger partial charge in [0, 0.05) is 5.69 Å². The lowest BCUT2D eigenvalue weighted by Gasteiger charge is -2.46. The van der Waals surface area contributed by atoms with Crippen LogP contribution in [0.5, 0.6) is 0 Å². The van der Waals surface area contributed by atoms with Gasteiger partial charge in [-0.05, 0) is 24.1 Å². The van der Waals surface area contributed by atoms with Crippen LogP contribution in [-0.2, 0) is 6.42 Å². The standard InChI is InChI=1S/C14H27NSi2/c1-8-13-9-11-14(12-10-13)15(16(2,3)4)17(5,6)7/h9-12H,8H2,1-7H3. The van der Waals surface area contributed by atoms with Crippen molar-refractivity contribution in [1.82, 2.24) is 0 Å². The Bertz CT molecular complexity index is 343. The van der Waals surface area contributed by atoms with Crippen molar-refractivity contribution < 1.29 is 0 Å². The van der Waals surface area contributed by atoms with Crippen molar-refractivity contribution in [3.63, 3.8) is 0 Å². The van der Waals surface area contributed by atoms with Crippen molar-refractivity contribution in [2.75, 3.05) is 4.23 Å². The Morgan fingerprint density at radius 2 is 1.24 bits per heavy atom. The Kier molecular flexibility index (Phi) is 4.25. The summed E-state index contributed by atoms with van der Waals surface area (Å²) in [6, 6.07) is 9.19. The van der Waals surface area contributed by atoms with E-state index in [1.54, 1.807) is 0 Å². The smallest absolute Gasteiger partial charge is 0.138 e. The highest BCUT2D eigenvalue weighted by Crippen LogP contribution is 2.28. The summed E-state index contributed by atoms with van der Waals surface area (Å²) < 4.78 is 2.76. The molecule has 0 aliphatic rings. The molecule has 0 saturated heterocycles. The summed E-state index contributed by atoms with van der Waals surface area (Å²) in [7, 11) is -2.59. The second kappa shape index (κ2) is 4.98. The third-order valence-corrected chi connectivity index (χ3v) is 10.2. The van der Waals surface area contributed by atoms with E-state index < -0.39 is 16.5 Å². The lowest BCUT2D eigenvalue weighted by molar-refractivity contribution is 1.14. The first kappa shape index (κ1) is 14.5. The number of benzene rings is 1. The number of hydrogen-bond acceptors (Lipinski definition) is 1. The highest BCUT2D eigenvalue weighted by molar-refractivity contribution is 6.99. The van der Waals surface area contributed by atoms with E-state index in [1.165, 1.54) is 11.3 Å². The van der Waals surface area contributed by atoms with Crippen LogP contribution in [0.2, 0.25) is 39.3 Å². The number of rotatable bonds is 4. The summed E-state index contributed by atoms with van der Waals surface area (Å²) >= 11 is 0. The van der Waals surface area contributed by atoms with Crippen molar-refractivity contribution in [2.24, 2.45) is 0 Å². The molecule has 3 heteroatoms. The third kappa shape index (κ3) is 3.71. The number of aryl methyl sites for hydroxylation is 1. The normalized spacial score (nSPS) is 12.6. The molecule has 0 radical (unpaired) electrons. The van der Waals surface area contributed by atoms with Crippen molar-refractivity contribution in [3.05, 3.63) is 29.8 Å². The highest BCUT2D eigenvalue weighted by Gasteiger charge is 2.34. The van der Waals surface area contributed by atoms with Crippen LogP contribution < -0.4 is 4.23 Å². The maximum absolute atomic E-state index is 2.76. The SMILES string of the molecule is CCc1ccc(N([Si](C)(C)C)[Si](C)(C)C)cc1. The fourth-order valence-electron chi connectivity index (χ4n) is 2.66. The molecule has 0 unspecified atom stereocenters. The second-order valence-corrected chi connectivity index (χ2v) is 16.7. The molecule has 0 atom stereocenters. The average Bonchev–Trinajstić information content (AvgIpc) is 2.14. The van der Waals surface area contributed by atoms with Crippen LogP contribution >= 0.6 is 0 Å². The maximum atomic E-state index is 2.76. The Balaban J connectivity index is 3.14. The molecule has 0 aliphatic heterocycles. The largest absolute Gasteiger partial charge is 0.425 e. The first-order valence-corrected chi connectivity index (χ1v) is 13.4. The van der Waals surface area contributed by atoms with E-state index in [0.29, 0.717) is 0 Å². The van der Waals surface area contributed by atoms with Crippen LogP contribution in [0.15, 0.2) is 24.3 Å². The molecule has 0 aromatic heterocycles. The van der Waals surface area contributed by atoms with E-state index in [0.717, 1.165) is 6.42 Å². The van der Waals surface area contributed by atoms with E-state index in [2.05, 4.69) is 74.7 Å². The first-order valence-electron chi connectivity index (χ1n) is 6.55. The molecule has 0 N–H and O–H groups in total. The molecule has 96 valence electrons. The molecule has 0 bridgehead atoms. The van der Waals surface area contributed by atoms with Crippen molar-refractivity contribution in [3.8, 4) is 0 Å². The van der Waals surface area contributed by atoms with Gasteiger partial charge in [0.1, 0.15) is 16.5 Å². The minimum Gasteiger partial charge on any atom is -0.425 e. The van der Waals surface area contributed by atoms with Gasteiger partial charge in [-0.3, -0.25) is 0 Å². The van der Waals surface area contributed by atoms with Crippen LogP contribution in [-0.4, -0.2) is 16.5 Å². The summed E-state index contributed by atoms with van der Waals surface area (Å²) in [6.45, 7) is 16.9. The maximum Gasteiger partial charge on any atom is 0.138 e. The Morgan fingerprint density at radius 1 is 0.824 bits per heavy atom. The molecule has 1 aromatic carbocycles. The van der Waals surface area contributed by atoms with E-state index in [-0.39, 0.29) is 0 Å². The lowest BCUT2D eigenvalue weighted by atomic mass is 10.2. The molecule has 0 aliphatic carbocycles. The van der Waals surface area contributed by atoms with Crippen molar-refractivity contribution in [1.29, 1.82) is 0 Å². The van der Waals surface area contributed by atoms with Gasteiger partial charge >= 0.3 is 0 Å². The number of nitrogens with zero attached hydrogens (tertiary/aromatic N) is 1. The highest BCUT2D eigenvalue weighted by atomic mass is 28.4. The van der Waals surface area contributed by atoms with Crippen LogP contribution in [0.3, 0.4) is 0 Å². The predicted octanol–water partition coefficient (Wildman–Crippen LogP) is 4.73. The Hall–Kier alpha value is -0.546. The summed E-state index contributed by atoms with van der Waals surface area (Å²) in [5.41, 5.74) is 2.86. The van der Waals surface area contributed by atoms with Gasteiger partial charge in [0.2, 0.25) is 0 Å². The minimum atomic E-state index is -1.30. The van der Waals surface area contributed by atoms with Gasteiger partial charge in [0.15, 0.2) is 0 Å². The molecule has 1 aromatic rings. The van der Waals surface area contributed by atoms with Gasteiger partial charge in [-0.1, -0.05) is 58.3 Å². The van der Waals surface area contributed by atoms with Gasteiger partial charge in [0.05, 0.1) is 0 Å². The molecule has 0 fully saturated rings. The fourth-order valence-corrected chi connectivity index (χ4v) is 12.6. The Morgan fingerprint density at radius 3 is 1.53 bits per heavy atom. The first-order chi connectivity index (χ1) is 7.66. The molecule has 0 spiro atoms. The van der Waals surface area contributed by atoms with E-state index in [1.807, 2.05) is 0 Å². The molecule has 0 heterocycles. The summed E-state index contributed by atoms with van der Waals surface area (Å²) in [4.78, 5) is 0. The molecular weight excluding hydrogens is 238 g/mol. The van der Waals surface area contributed by atoms with E-state index >= 15 is 0 Å². The molecule has 1 rings (SSSR count). The summed E-state index contributed by atoms with van der Waals surface area (Å²) in [6.07, 6.45) is 1.13. The quantitative estimate of drug-likeness (QED) is 0.712. The average molecular weight is 266 g/mol. The predicted molar refractivity (Wildman–Crippen MR) is 85.0 cm³/mol. The molecule has 0 amide bonds. The molecular formula is C14H27NSi2. The third-order valence-electron chi connectivity index (χ3n) is 2.94. The van der Waals surface area contributed by atoms with Crippen LogP contribution in [0.25, 0.3) is 0 Å². The number of hydrogen-bond donors (Lipinski definition) is 0. The van der Waals surface area contributed by atoms with Crippen LogP contribution in [0, 0.1) is 0 Å². The van der Waals surface area contributed by atoms with E-state index in [4.69, 9.17) is 0 Å². The zero-order chi connectivity index (χ0) is 13.3. The topological polar surface area (TPSA) is 3.24 Å². The molecule has 0 saturated carbocycles. The fraction of sp³-hybridized carbons (Fsp3) is 0.571. The zero-order valence-electron chi connectivity index (χ0n) is 12.5. The lowest BCUT2D eigenvalue weighted by Crippen LogP contribution is -2.59. The van der Waals surface area contributed by atoms with Crippen LogP contribution in [0.1, 0.15) is 12.5 Å². The molecule has 17 heavy (non-hydrogen) atoms. The summed E-state index contributed by atoms with van der Waals surface area (Å²) in [5.74, 6) is 0. The van der Waals surface area contributed by atoms with Gasteiger partial charge in [-0.25, -0.2) is 0 Å². The Labute approximate surface area is 109 Å². The van der Waals surface area contributed by atoms with Gasteiger partial charge in [-0.2, -0.15) is 0 Å².